The first-order chi connectivity index (χ1) is 11.5. The van der Waals surface area contributed by atoms with E-state index in [-0.39, 0.29) is 23.7 Å². The molecule has 0 aliphatic rings. The minimum atomic E-state index is -3.32. The molecule has 0 amide bonds. The van der Waals surface area contributed by atoms with Crippen LogP contribution in [0.3, 0.4) is 0 Å². The fourth-order valence-corrected chi connectivity index (χ4v) is 3.16. The zero-order valence-corrected chi connectivity index (χ0v) is 14.9. The fourth-order valence-electron chi connectivity index (χ4n) is 2.04. The van der Waals surface area contributed by atoms with Crippen molar-refractivity contribution in [2.45, 2.75) is 25.2 Å². The van der Waals surface area contributed by atoms with Crippen LogP contribution in [0.5, 0.6) is 0 Å². The summed E-state index contributed by atoms with van der Waals surface area (Å²) in [6.45, 7) is 4.61. The van der Waals surface area contributed by atoms with Crippen LogP contribution in [0.2, 0.25) is 0 Å². The molecule has 0 aromatic heterocycles. The van der Waals surface area contributed by atoms with Gasteiger partial charge in [0, 0.05) is 0 Å². The Bertz CT molecular complexity index is 680. The van der Waals surface area contributed by atoms with Gasteiger partial charge in [0.1, 0.15) is 6.61 Å². The van der Waals surface area contributed by atoms with Gasteiger partial charge >= 0.3 is 0 Å². The number of hydrogen-bond donors (Lipinski definition) is 0. The summed E-state index contributed by atoms with van der Waals surface area (Å²) in [7, 11) is -3.32. The highest BCUT2D eigenvalue weighted by molar-refractivity contribution is 7.91. The van der Waals surface area contributed by atoms with E-state index in [9.17, 15) is 13.2 Å². The SMILES string of the molecule is CC(C)Cc1ccccc1.O=COCCS(=O)(=O)c1ccccc1. The van der Waals surface area contributed by atoms with Gasteiger partial charge in [-0.25, -0.2) is 8.42 Å². The number of carbonyl (C=O) groups is 1. The van der Waals surface area contributed by atoms with Gasteiger partial charge in [0.15, 0.2) is 9.84 Å². The zero-order valence-electron chi connectivity index (χ0n) is 14.1. The molecular weight excluding hydrogens is 324 g/mol. The first kappa shape index (κ1) is 19.9. The van der Waals surface area contributed by atoms with Crippen LogP contribution in [0.25, 0.3) is 0 Å². The molecule has 0 saturated heterocycles. The van der Waals surface area contributed by atoms with Gasteiger partial charge in [-0.3, -0.25) is 4.79 Å². The lowest BCUT2D eigenvalue weighted by Gasteiger charge is -2.02. The van der Waals surface area contributed by atoms with Gasteiger partial charge < -0.3 is 4.74 Å². The summed E-state index contributed by atoms with van der Waals surface area (Å²) >= 11 is 0. The predicted molar refractivity (Wildman–Crippen MR) is 95.5 cm³/mol. The number of sulfone groups is 1. The van der Waals surface area contributed by atoms with Gasteiger partial charge in [0.25, 0.3) is 6.47 Å². The maximum Gasteiger partial charge on any atom is 0.293 e. The lowest BCUT2D eigenvalue weighted by Crippen LogP contribution is -2.11. The Morgan fingerprint density at radius 2 is 1.50 bits per heavy atom. The lowest BCUT2D eigenvalue weighted by molar-refractivity contribution is -0.128. The summed E-state index contributed by atoms with van der Waals surface area (Å²) in [5.74, 6) is 0.581. The van der Waals surface area contributed by atoms with Crippen molar-refractivity contribution >= 4 is 16.3 Å². The number of rotatable bonds is 7. The molecule has 0 atom stereocenters. The van der Waals surface area contributed by atoms with Crippen molar-refractivity contribution in [3.05, 3.63) is 66.2 Å². The molecule has 0 heterocycles. The Kier molecular flexibility index (Phi) is 8.79. The zero-order chi connectivity index (χ0) is 17.8. The molecule has 0 bridgehead atoms. The van der Waals surface area contributed by atoms with Crippen LogP contribution >= 0.6 is 0 Å². The van der Waals surface area contributed by atoms with Gasteiger partial charge in [-0.2, -0.15) is 0 Å². The molecule has 0 fully saturated rings. The third-order valence-corrected chi connectivity index (χ3v) is 4.82. The molecule has 0 saturated carbocycles. The molecule has 4 nitrogen and oxygen atoms in total. The van der Waals surface area contributed by atoms with Crippen molar-refractivity contribution in [2.24, 2.45) is 5.92 Å². The second kappa shape index (κ2) is 10.6. The third-order valence-electron chi connectivity index (χ3n) is 3.13. The van der Waals surface area contributed by atoms with Crippen LogP contribution in [0.15, 0.2) is 65.6 Å². The second-order valence-electron chi connectivity index (χ2n) is 5.68. The normalized spacial score (nSPS) is 10.6. The maximum absolute atomic E-state index is 11.5. The Hall–Kier alpha value is -2.14. The highest BCUT2D eigenvalue weighted by Gasteiger charge is 2.13. The standard InChI is InChI=1S/C10H14.C9H10O4S/c1-9(2)8-10-6-4-3-5-7-10;10-8-13-6-7-14(11,12)9-4-2-1-3-5-9/h3-7,9H,8H2,1-2H3;1-5,8H,6-7H2. The van der Waals surface area contributed by atoms with Crippen molar-refractivity contribution in [3.63, 3.8) is 0 Å². The average Bonchev–Trinajstić information content (AvgIpc) is 2.57. The molecule has 0 unspecified atom stereocenters. The van der Waals surface area contributed by atoms with Crippen molar-refractivity contribution in [2.75, 3.05) is 12.4 Å². The molecule has 2 aromatic carbocycles. The number of benzene rings is 2. The van der Waals surface area contributed by atoms with Gasteiger partial charge in [-0.05, 0) is 30.0 Å². The average molecular weight is 348 g/mol. The minimum Gasteiger partial charge on any atom is -0.467 e. The summed E-state index contributed by atoms with van der Waals surface area (Å²) in [5, 5.41) is 0. The first-order valence-corrected chi connectivity index (χ1v) is 9.48. The van der Waals surface area contributed by atoms with Crippen LogP contribution in [0.4, 0.5) is 0 Å². The second-order valence-corrected chi connectivity index (χ2v) is 7.79. The highest BCUT2D eigenvalue weighted by atomic mass is 32.2. The smallest absolute Gasteiger partial charge is 0.293 e. The summed E-state index contributed by atoms with van der Waals surface area (Å²) in [6.07, 6.45) is 1.20. The Morgan fingerprint density at radius 1 is 0.958 bits per heavy atom. The summed E-state index contributed by atoms with van der Waals surface area (Å²) in [6, 6.07) is 18.7. The molecular formula is C19H24O4S. The topological polar surface area (TPSA) is 60.4 Å². The van der Waals surface area contributed by atoms with Gasteiger partial charge in [0.2, 0.25) is 0 Å². The molecule has 0 N–H and O–H groups in total. The van der Waals surface area contributed by atoms with E-state index in [0.717, 1.165) is 5.92 Å². The van der Waals surface area contributed by atoms with Crippen LogP contribution in [0, 0.1) is 5.92 Å². The van der Waals surface area contributed by atoms with Crippen molar-refractivity contribution < 1.29 is 17.9 Å². The molecule has 0 spiro atoms. The lowest BCUT2D eigenvalue weighted by atomic mass is 10.0. The Balaban J connectivity index is 0.000000254. The number of hydrogen-bond acceptors (Lipinski definition) is 4. The minimum absolute atomic E-state index is 0.110. The van der Waals surface area contributed by atoms with E-state index in [0.29, 0.717) is 0 Å². The molecule has 2 rings (SSSR count). The monoisotopic (exact) mass is 348 g/mol. The van der Waals surface area contributed by atoms with E-state index in [1.165, 1.54) is 24.1 Å². The van der Waals surface area contributed by atoms with E-state index >= 15 is 0 Å². The fraction of sp³-hybridized carbons (Fsp3) is 0.316. The Morgan fingerprint density at radius 3 is 2.00 bits per heavy atom. The van der Waals surface area contributed by atoms with Crippen LogP contribution in [-0.2, 0) is 25.8 Å². The van der Waals surface area contributed by atoms with Gasteiger partial charge in [-0.15, -0.1) is 0 Å². The van der Waals surface area contributed by atoms with Crippen LogP contribution < -0.4 is 0 Å². The molecule has 5 heteroatoms. The van der Waals surface area contributed by atoms with Crippen molar-refractivity contribution in [3.8, 4) is 0 Å². The van der Waals surface area contributed by atoms with E-state index in [4.69, 9.17) is 0 Å². The molecule has 0 radical (unpaired) electrons. The maximum atomic E-state index is 11.5. The Labute approximate surface area is 144 Å². The first-order valence-electron chi connectivity index (χ1n) is 7.82. The molecule has 0 aliphatic carbocycles. The van der Waals surface area contributed by atoms with Crippen LogP contribution in [0.1, 0.15) is 19.4 Å². The van der Waals surface area contributed by atoms with E-state index in [1.807, 2.05) is 0 Å². The van der Waals surface area contributed by atoms with Gasteiger partial charge in [-0.1, -0.05) is 62.4 Å². The largest absolute Gasteiger partial charge is 0.467 e. The summed E-state index contributed by atoms with van der Waals surface area (Å²) in [5.41, 5.74) is 1.44. The predicted octanol–water partition coefficient (Wildman–Crippen LogP) is 3.52. The molecule has 2 aromatic rings. The highest BCUT2D eigenvalue weighted by Crippen LogP contribution is 2.09. The van der Waals surface area contributed by atoms with E-state index < -0.39 is 9.84 Å². The van der Waals surface area contributed by atoms with E-state index in [1.54, 1.807) is 18.2 Å². The number of carbonyl (C=O) groups excluding carboxylic acids is 1. The number of ether oxygens (including phenoxy) is 1. The molecule has 130 valence electrons. The van der Waals surface area contributed by atoms with Crippen molar-refractivity contribution in [1.82, 2.24) is 0 Å². The molecule has 0 aliphatic heterocycles. The van der Waals surface area contributed by atoms with Crippen molar-refractivity contribution in [1.29, 1.82) is 0 Å². The third kappa shape index (κ3) is 7.92. The summed E-state index contributed by atoms with van der Waals surface area (Å²) < 4.78 is 27.4. The van der Waals surface area contributed by atoms with Gasteiger partial charge in [0.05, 0.1) is 10.6 Å². The quantitative estimate of drug-likeness (QED) is 0.567. The van der Waals surface area contributed by atoms with Crippen LogP contribution in [-0.4, -0.2) is 27.2 Å². The molecule has 24 heavy (non-hydrogen) atoms. The summed E-state index contributed by atoms with van der Waals surface area (Å²) in [4.78, 5) is 10.1. The van der Waals surface area contributed by atoms with E-state index in [2.05, 4.69) is 48.9 Å².